The number of aromatic nitrogens is 3. The lowest BCUT2D eigenvalue weighted by atomic mass is 10.3. The van der Waals surface area contributed by atoms with Crippen LogP contribution in [0, 0.1) is 0 Å². The van der Waals surface area contributed by atoms with Gasteiger partial charge in [-0.2, -0.15) is 0 Å². The highest BCUT2D eigenvalue weighted by Crippen LogP contribution is 2.17. The first kappa shape index (κ1) is 8.43. The second kappa shape index (κ2) is 3.69. The SMILES string of the molecule is Nc1cnnnc1Nc1ccccc1. The predicted molar refractivity (Wildman–Crippen MR) is 54.0 cm³/mol. The van der Waals surface area contributed by atoms with Crippen molar-refractivity contribution in [1.82, 2.24) is 15.4 Å². The molecule has 0 aliphatic heterocycles. The number of nitrogens with two attached hydrogens (primary N) is 1. The fourth-order valence-corrected chi connectivity index (χ4v) is 1.03. The van der Waals surface area contributed by atoms with Gasteiger partial charge >= 0.3 is 0 Å². The normalized spacial score (nSPS) is 9.71. The molecular weight excluding hydrogens is 178 g/mol. The summed E-state index contributed by atoms with van der Waals surface area (Å²) in [5.41, 5.74) is 7.03. The Bertz CT molecular complexity index is 415. The second-order valence-electron chi connectivity index (χ2n) is 2.73. The van der Waals surface area contributed by atoms with Gasteiger partial charge in [0.25, 0.3) is 0 Å². The first-order chi connectivity index (χ1) is 6.86. The van der Waals surface area contributed by atoms with Crippen molar-refractivity contribution in [3.05, 3.63) is 36.5 Å². The molecule has 0 spiro atoms. The van der Waals surface area contributed by atoms with Gasteiger partial charge in [0.2, 0.25) is 0 Å². The Morgan fingerprint density at radius 2 is 1.93 bits per heavy atom. The molecule has 1 aromatic heterocycles. The van der Waals surface area contributed by atoms with Crippen LogP contribution in [-0.2, 0) is 0 Å². The van der Waals surface area contributed by atoms with E-state index in [2.05, 4.69) is 20.7 Å². The van der Waals surface area contributed by atoms with Gasteiger partial charge < -0.3 is 11.1 Å². The van der Waals surface area contributed by atoms with E-state index in [1.54, 1.807) is 0 Å². The first-order valence-corrected chi connectivity index (χ1v) is 4.12. The summed E-state index contributed by atoms with van der Waals surface area (Å²) in [6.45, 7) is 0. The number of hydrogen-bond acceptors (Lipinski definition) is 5. The lowest BCUT2D eigenvalue weighted by molar-refractivity contribution is 0.874. The van der Waals surface area contributed by atoms with Gasteiger partial charge in [0.1, 0.15) is 0 Å². The third-order valence-electron chi connectivity index (χ3n) is 1.70. The highest BCUT2D eigenvalue weighted by molar-refractivity contribution is 5.66. The number of hydrogen-bond donors (Lipinski definition) is 2. The van der Waals surface area contributed by atoms with Crippen LogP contribution in [-0.4, -0.2) is 15.4 Å². The van der Waals surface area contributed by atoms with Gasteiger partial charge in [-0.15, -0.1) is 10.2 Å². The Morgan fingerprint density at radius 3 is 2.64 bits per heavy atom. The minimum Gasteiger partial charge on any atom is -0.394 e. The number of rotatable bonds is 2. The van der Waals surface area contributed by atoms with Crippen LogP contribution in [0.2, 0.25) is 0 Å². The molecule has 0 atom stereocenters. The smallest absolute Gasteiger partial charge is 0.179 e. The van der Waals surface area contributed by atoms with E-state index in [1.165, 1.54) is 6.20 Å². The Hall–Kier alpha value is -2.17. The fourth-order valence-electron chi connectivity index (χ4n) is 1.03. The van der Waals surface area contributed by atoms with E-state index in [4.69, 9.17) is 5.73 Å². The van der Waals surface area contributed by atoms with Crippen LogP contribution in [0.3, 0.4) is 0 Å². The van der Waals surface area contributed by atoms with Crippen LogP contribution in [0.15, 0.2) is 36.5 Å². The molecule has 0 bridgehead atoms. The van der Waals surface area contributed by atoms with Gasteiger partial charge in [-0.05, 0) is 17.3 Å². The zero-order valence-electron chi connectivity index (χ0n) is 7.38. The average molecular weight is 187 g/mol. The van der Waals surface area contributed by atoms with Crippen molar-refractivity contribution in [3.8, 4) is 0 Å². The summed E-state index contributed by atoms with van der Waals surface area (Å²) in [7, 11) is 0. The summed E-state index contributed by atoms with van der Waals surface area (Å²) in [5, 5.41) is 13.9. The molecule has 0 saturated carbocycles. The molecule has 5 nitrogen and oxygen atoms in total. The molecule has 2 rings (SSSR count). The summed E-state index contributed by atoms with van der Waals surface area (Å²) in [5.74, 6) is 0.520. The third kappa shape index (κ3) is 1.77. The number of nitrogens with one attached hydrogen (secondary N) is 1. The van der Waals surface area contributed by atoms with E-state index >= 15 is 0 Å². The molecule has 0 aliphatic carbocycles. The van der Waals surface area contributed by atoms with Crippen molar-refractivity contribution >= 4 is 17.2 Å². The molecule has 70 valence electrons. The topological polar surface area (TPSA) is 76.7 Å². The number of nitrogen functional groups attached to an aromatic ring is 1. The fraction of sp³-hybridized carbons (Fsp3) is 0. The van der Waals surface area contributed by atoms with Crippen molar-refractivity contribution in [2.24, 2.45) is 0 Å². The zero-order chi connectivity index (χ0) is 9.80. The van der Waals surface area contributed by atoms with Crippen LogP contribution >= 0.6 is 0 Å². The molecule has 3 N–H and O–H groups in total. The Kier molecular flexibility index (Phi) is 2.22. The van der Waals surface area contributed by atoms with Gasteiger partial charge in [-0.25, -0.2) is 0 Å². The maximum atomic E-state index is 5.64. The Labute approximate surface area is 81.0 Å². The quantitative estimate of drug-likeness (QED) is 0.738. The summed E-state index contributed by atoms with van der Waals surface area (Å²) < 4.78 is 0. The van der Waals surface area contributed by atoms with Gasteiger partial charge in [-0.1, -0.05) is 18.2 Å². The molecule has 5 heteroatoms. The average Bonchev–Trinajstić information content (AvgIpc) is 2.23. The summed E-state index contributed by atoms with van der Waals surface area (Å²) >= 11 is 0. The second-order valence-corrected chi connectivity index (χ2v) is 2.73. The van der Waals surface area contributed by atoms with E-state index < -0.39 is 0 Å². The lowest BCUT2D eigenvalue weighted by Gasteiger charge is -2.05. The maximum Gasteiger partial charge on any atom is 0.179 e. The number of anilines is 3. The molecule has 0 radical (unpaired) electrons. The minimum atomic E-state index is 0.476. The van der Waals surface area contributed by atoms with E-state index in [9.17, 15) is 0 Å². The third-order valence-corrected chi connectivity index (χ3v) is 1.70. The maximum absolute atomic E-state index is 5.64. The van der Waals surface area contributed by atoms with Gasteiger partial charge in [0.05, 0.1) is 11.9 Å². The van der Waals surface area contributed by atoms with Crippen molar-refractivity contribution < 1.29 is 0 Å². The van der Waals surface area contributed by atoms with Crippen LogP contribution in [0.1, 0.15) is 0 Å². The molecular formula is C9H9N5. The monoisotopic (exact) mass is 187 g/mol. The highest BCUT2D eigenvalue weighted by Gasteiger charge is 2.00. The lowest BCUT2D eigenvalue weighted by Crippen LogP contribution is -2.01. The predicted octanol–water partition coefficient (Wildman–Crippen LogP) is 1.20. The van der Waals surface area contributed by atoms with Crippen LogP contribution in [0.4, 0.5) is 17.2 Å². The van der Waals surface area contributed by atoms with E-state index in [-0.39, 0.29) is 0 Å². The summed E-state index contributed by atoms with van der Waals surface area (Å²) in [6, 6.07) is 9.62. The molecule has 0 unspecified atom stereocenters. The number of benzene rings is 1. The highest BCUT2D eigenvalue weighted by atomic mass is 15.3. The Balaban J connectivity index is 2.24. The zero-order valence-corrected chi connectivity index (χ0v) is 7.38. The number of para-hydroxylation sites is 1. The van der Waals surface area contributed by atoms with Crippen molar-refractivity contribution in [1.29, 1.82) is 0 Å². The molecule has 1 heterocycles. The molecule has 14 heavy (non-hydrogen) atoms. The molecule has 0 amide bonds. The molecule has 1 aromatic carbocycles. The molecule has 2 aromatic rings. The first-order valence-electron chi connectivity index (χ1n) is 4.12. The summed E-state index contributed by atoms with van der Waals surface area (Å²) in [6.07, 6.45) is 1.46. The van der Waals surface area contributed by atoms with Gasteiger partial charge in [-0.3, -0.25) is 0 Å². The van der Waals surface area contributed by atoms with Crippen molar-refractivity contribution in [3.63, 3.8) is 0 Å². The minimum absolute atomic E-state index is 0.476. The van der Waals surface area contributed by atoms with Crippen LogP contribution < -0.4 is 11.1 Å². The van der Waals surface area contributed by atoms with Crippen LogP contribution in [0.25, 0.3) is 0 Å². The van der Waals surface area contributed by atoms with E-state index in [0.717, 1.165) is 5.69 Å². The van der Waals surface area contributed by atoms with E-state index in [0.29, 0.717) is 11.5 Å². The van der Waals surface area contributed by atoms with Crippen molar-refractivity contribution in [2.75, 3.05) is 11.1 Å². The summed E-state index contributed by atoms with van der Waals surface area (Å²) in [4.78, 5) is 0. The van der Waals surface area contributed by atoms with Crippen LogP contribution in [0.5, 0.6) is 0 Å². The number of nitrogens with zero attached hydrogens (tertiary/aromatic N) is 3. The molecule has 0 saturated heterocycles. The Morgan fingerprint density at radius 1 is 1.14 bits per heavy atom. The standard InChI is InChI=1S/C9H9N5/c10-8-6-11-14-13-9(8)12-7-4-2-1-3-5-7/h1-6H,(H2,10,14)(H,11,12,13). The molecule has 0 aliphatic rings. The van der Waals surface area contributed by atoms with Gasteiger partial charge in [0.15, 0.2) is 5.82 Å². The van der Waals surface area contributed by atoms with Gasteiger partial charge in [0, 0.05) is 5.69 Å². The van der Waals surface area contributed by atoms with E-state index in [1.807, 2.05) is 30.3 Å². The molecule has 0 fully saturated rings. The van der Waals surface area contributed by atoms with Crippen molar-refractivity contribution in [2.45, 2.75) is 0 Å². The largest absolute Gasteiger partial charge is 0.394 e.